The van der Waals surface area contributed by atoms with Crippen molar-refractivity contribution in [3.63, 3.8) is 0 Å². The molecule has 116 valence electrons. The number of carboxylic acids is 1. The van der Waals surface area contributed by atoms with Crippen LogP contribution in [0.2, 0.25) is 0 Å². The van der Waals surface area contributed by atoms with Crippen molar-refractivity contribution < 1.29 is 23.1 Å². The number of rotatable bonds is 6. The van der Waals surface area contributed by atoms with Gasteiger partial charge in [-0.3, -0.25) is 0 Å². The normalized spacial score (nSPS) is 12.5. The molecule has 1 atom stereocenters. The highest BCUT2D eigenvalue weighted by Crippen LogP contribution is 2.20. The first kappa shape index (κ1) is 17.4. The molecule has 3 N–H and O–H groups in total. The van der Waals surface area contributed by atoms with Crippen molar-refractivity contribution in [2.45, 2.75) is 12.5 Å². The van der Waals surface area contributed by atoms with E-state index in [1.54, 1.807) is 24.3 Å². The highest BCUT2D eigenvalue weighted by molar-refractivity contribution is 9.10. The highest BCUT2D eigenvalue weighted by Gasteiger charge is 2.21. The lowest BCUT2D eigenvalue weighted by molar-refractivity contribution is -0.139. The van der Waals surface area contributed by atoms with Crippen LogP contribution in [0.3, 0.4) is 0 Å². The van der Waals surface area contributed by atoms with Gasteiger partial charge in [-0.2, -0.15) is 0 Å². The fourth-order valence-corrected chi connectivity index (χ4v) is 2.52. The molecule has 2 amide bonds. The predicted molar refractivity (Wildman–Crippen MR) is 82.0 cm³/mol. The van der Waals surface area contributed by atoms with Gasteiger partial charge in [-0.05, 0) is 34.5 Å². The molecule has 0 bridgehead atoms. The maximum atomic E-state index is 11.7. The Hall–Kier alpha value is -1.61. The molecular weight excluding hydrogens is 364 g/mol. The van der Waals surface area contributed by atoms with Gasteiger partial charge in [0, 0.05) is 10.7 Å². The van der Waals surface area contributed by atoms with Crippen molar-refractivity contribution >= 4 is 43.5 Å². The number of nitrogens with one attached hydrogen (secondary N) is 2. The third-order valence-electron chi connectivity index (χ3n) is 2.50. The van der Waals surface area contributed by atoms with E-state index in [-0.39, 0.29) is 12.2 Å². The van der Waals surface area contributed by atoms with E-state index < -0.39 is 27.9 Å². The number of carboxylic acid groups (broad SMARTS) is 1. The first-order valence-corrected chi connectivity index (χ1v) is 8.77. The van der Waals surface area contributed by atoms with E-state index in [0.29, 0.717) is 10.2 Å². The van der Waals surface area contributed by atoms with Crippen LogP contribution in [0.4, 0.5) is 10.5 Å². The van der Waals surface area contributed by atoms with E-state index in [9.17, 15) is 18.0 Å². The van der Waals surface area contributed by atoms with E-state index in [0.717, 1.165) is 6.26 Å². The van der Waals surface area contributed by atoms with Crippen LogP contribution in [0.25, 0.3) is 0 Å². The van der Waals surface area contributed by atoms with Gasteiger partial charge in [-0.15, -0.1) is 0 Å². The minimum absolute atomic E-state index is 0.197. The second kappa shape index (κ2) is 7.41. The zero-order valence-corrected chi connectivity index (χ0v) is 13.6. The lowest BCUT2D eigenvalue weighted by Crippen LogP contribution is -2.44. The molecule has 0 fully saturated rings. The van der Waals surface area contributed by atoms with Gasteiger partial charge in [0.15, 0.2) is 0 Å². The smallest absolute Gasteiger partial charge is 0.326 e. The molecule has 0 radical (unpaired) electrons. The fourth-order valence-electron chi connectivity index (χ4n) is 1.47. The second-order valence-corrected chi connectivity index (χ2v) is 7.50. The number of para-hydroxylation sites is 1. The summed E-state index contributed by atoms with van der Waals surface area (Å²) in [6, 6.07) is 4.83. The lowest BCUT2D eigenvalue weighted by atomic mass is 10.2. The van der Waals surface area contributed by atoms with Crippen molar-refractivity contribution in [2.75, 3.05) is 17.3 Å². The lowest BCUT2D eigenvalue weighted by Gasteiger charge is -2.15. The molecule has 0 aliphatic carbocycles. The quantitative estimate of drug-likeness (QED) is 0.693. The number of halogens is 1. The number of aliphatic carboxylic acids is 1. The zero-order valence-electron chi connectivity index (χ0n) is 11.2. The molecule has 0 aliphatic heterocycles. The van der Waals surface area contributed by atoms with Crippen LogP contribution in [0, 0.1) is 0 Å². The average molecular weight is 379 g/mol. The van der Waals surface area contributed by atoms with Gasteiger partial charge in [0.1, 0.15) is 15.9 Å². The highest BCUT2D eigenvalue weighted by atomic mass is 79.9. The Morgan fingerprint density at radius 3 is 2.48 bits per heavy atom. The molecular formula is C12H15BrN2O5S. The van der Waals surface area contributed by atoms with Gasteiger partial charge < -0.3 is 15.7 Å². The van der Waals surface area contributed by atoms with Crippen molar-refractivity contribution in [3.05, 3.63) is 28.7 Å². The largest absolute Gasteiger partial charge is 0.480 e. The molecule has 0 aromatic heterocycles. The number of anilines is 1. The Morgan fingerprint density at radius 2 is 1.95 bits per heavy atom. The third kappa shape index (κ3) is 6.58. The van der Waals surface area contributed by atoms with Crippen LogP contribution in [-0.2, 0) is 14.6 Å². The molecule has 9 heteroatoms. The van der Waals surface area contributed by atoms with Crippen LogP contribution in [-0.4, -0.2) is 43.6 Å². The second-order valence-electron chi connectivity index (χ2n) is 4.39. The van der Waals surface area contributed by atoms with Crippen LogP contribution in [0.1, 0.15) is 6.42 Å². The monoisotopic (exact) mass is 378 g/mol. The number of sulfone groups is 1. The van der Waals surface area contributed by atoms with E-state index in [4.69, 9.17) is 5.11 Å². The number of hydrogen-bond acceptors (Lipinski definition) is 4. The molecule has 1 aromatic rings. The molecule has 7 nitrogen and oxygen atoms in total. The van der Waals surface area contributed by atoms with Crippen molar-refractivity contribution in [2.24, 2.45) is 0 Å². The molecule has 0 saturated carbocycles. The Balaban J connectivity index is 2.65. The van der Waals surface area contributed by atoms with Crippen molar-refractivity contribution in [1.82, 2.24) is 5.32 Å². The van der Waals surface area contributed by atoms with Gasteiger partial charge in [-0.1, -0.05) is 12.1 Å². The van der Waals surface area contributed by atoms with E-state index in [2.05, 4.69) is 26.6 Å². The molecule has 0 aliphatic rings. The molecule has 1 unspecified atom stereocenters. The van der Waals surface area contributed by atoms with Gasteiger partial charge in [0.25, 0.3) is 0 Å². The van der Waals surface area contributed by atoms with Gasteiger partial charge in [-0.25, -0.2) is 18.0 Å². The fraction of sp³-hybridized carbons (Fsp3) is 0.333. The van der Waals surface area contributed by atoms with E-state index >= 15 is 0 Å². The first-order valence-electron chi connectivity index (χ1n) is 5.91. The summed E-state index contributed by atoms with van der Waals surface area (Å²) in [5, 5.41) is 13.7. The Labute approximate surface area is 130 Å². The molecule has 21 heavy (non-hydrogen) atoms. The Bertz CT molecular complexity index is 632. The Morgan fingerprint density at radius 1 is 1.33 bits per heavy atom. The summed E-state index contributed by atoms with van der Waals surface area (Å²) in [5.74, 6) is -1.61. The third-order valence-corrected chi connectivity index (χ3v) is 4.17. The summed E-state index contributed by atoms with van der Waals surface area (Å²) in [6.07, 6.45) is 0.810. The minimum atomic E-state index is -3.30. The van der Waals surface area contributed by atoms with Crippen LogP contribution < -0.4 is 10.6 Å². The number of urea groups is 1. The van der Waals surface area contributed by atoms with E-state index in [1.165, 1.54) is 0 Å². The number of carbonyl (C=O) groups is 2. The molecule has 1 aromatic carbocycles. The van der Waals surface area contributed by atoms with Crippen LogP contribution in [0.5, 0.6) is 0 Å². The SMILES string of the molecule is CS(=O)(=O)CCC(NC(=O)Nc1ccccc1Br)C(=O)O. The maximum absolute atomic E-state index is 11.7. The first-order chi connectivity index (χ1) is 9.69. The van der Waals surface area contributed by atoms with Crippen molar-refractivity contribution in [1.29, 1.82) is 0 Å². The van der Waals surface area contributed by atoms with E-state index in [1.807, 2.05) is 0 Å². The molecule has 0 saturated heterocycles. The molecule has 0 heterocycles. The van der Waals surface area contributed by atoms with Crippen LogP contribution in [0.15, 0.2) is 28.7 Å². The zero-order chi connectivity index (χ0) is 16.0. The maximum Gasteiger partial charge on any atom is 0.326 e. The summed E-state index contributed by atoms with van der Waals surface area (Å²) < 4.78 is 22.7. The summed E-state index contributed by atoms with van der Waals surface area (Å²) in [4.78, 5) is 22.8. The topological polar surface area (TPSA) is 113 Å². The predicted octanol–water partition coefficient (Wildman–Crippen LogP) is 1.46. The number of hydrogen-bond donors (Lipinski definition) is 3. The van der Waals surface area contributed by atoms with Gasteiger partial charge in [0.2, 0.25) is 0 Å². The average Bonchev–Trinajstić information content (AvgIpc) is 2.36. The number of carbonyl (C=O) groups excluding carboxylic acids is 1. The standard InChI is InChI=1S/C12H15BrN2O5S/c1-21(19,20)7-6-10(11(16)17)15-12(18)14-9-5-3-2-4-8(9)13/h2-5,10H,6-7H2,1H3,(H,16,17)(H2,14,15,18). The number of benzene rings is 1. The summed E-state index contributed by atoms with van der Waals surface area (Å²) in [6.45, 7) is 0. The summed E-state index contributed by atoms with van der Waals surface area (Å²) in [7, 11) is -3.30. The van der Waals surface area contributed by atoms with Crippen LogP contribution >= 0.6 is 15.9 Å². The number of amides is 2. The Kier molecular flexibility index (Phi) is 6.16. The molecule has 0 spiro atoms. The van der Waals surface area contributed by atoms with Gasteiger partial charge in [0.05, 0.1) is 11.4 Å². The van der Waals surface area contributed by atoms with Crippen molar-refractivity contribution in [3.8, 4) is 0 Å². The summed E-state index contributed by atoms with van der Waals surface area (Å²) >= 11 is 3.24. The molecule has 1 rings (SSSR count). The minimum Gasteiger partial charge on any atom is -0.480 e. The van der Waals surface area contributed by atoms with Gasteiger partial charge >= 0.3 is 12.0 Å². The summed E-state index contributed by atoms with van der Waals surface area (Å²) in [5.41, 5.74) is 0.474.